The van der Waals surface area contributed by atoms with Crippen LogP contribution in [-0.4, -0.2) is 29.9 Å². The zero-order chi connectivity index (χ0) is 16.3. The van der Waals surface area contributed by atoms with Gasteiger partial charge in [-0.15, -0.1) is 0 Å². The summed E-state index contributed by atoms with van der Waals surface area (Å²) in [6.07, 6.45) is 2.02. The molecule has 3 N–H and O–H groups in total. The topological polar surface area (TPSA) is 58.4 Å². The highest BCUT2D eigenvalue weighted by atomic mass is 35.5. The van der Waals surface area contributed by atoms with Crippen LogP contribution < -0.4 is 11.1 Å². The van der Waals surface area contributed by atoms with Gasteiger partial charge in [-0.05, 0) is 42.9 Å². The Labute approximate surface area is 138 Å². The van der Waals surface area contributed by atoms with Gasteiger partial charge in [0.1, 0.15) is 0 Å². The van der Waals surface area contributed by atoms with E-state index in [1.54, 1.807) is 18.2 Å². The zero-order valence-corrected chi connectivity index (χ0v) is 14.4. The number of amides is 1. The van der Waals surface area contributed by atoms with Crippen molar-refractivity contribution in [2.45, 2.75) is 39.7 Å². The number of nitrogens with zero attached hydrogens (tertiary/aromatic N) is 1. The Balaban J connectivity index is 2.08. The van der Waals surface area contributed by atoms with Crippen LogP contribution in [0.5, 0.6) is 0 Å². The van der Waals surface area contributed by atoms with Crippen LogP contribution in [0, 0.1) is 11.8 Å². The molecular weight excluding hydrogens is 298 g/mol. The first-order valence-corrected chi connectivity index (χ1v) is 8.38. The zero-order valence-electron chi connectivity index (χ0n) is 13.6. The molecule has 1 fully saturated rings. The molecule has 1 aliphatic rings. The third kappa shape index (κ3) is 4.14. The Kier molecular flexibility index (Phi) is 5.70. The lowest BCUT2D eigenvalue weighted by atomic mass is 9.90. The number of carbonyl (C=O) groups is 1. The number of hydrogen-bond acceptors (Lipinski definition) is 3. The number of anilines is 2. The minimum absolute atomic E-state index is 0.00970. The van der Waals surface area contributed by atoms with E-state index in [1.807, 2.05) is 0 Å². The van der Waals surface area contributed by atoms with E-state index >= 15 is 0 Å². The van der Waals surface area contributed by atoms with Crippen LogP contribution in [0.4, 0.5) is 11.4 Å². The number of nitrogens with one attached hydrogen (secondary N) is 1. The third-order valence-corrected chi connectivity index (χ3v) is 4.59. The second-order valence-corrected chi connectivity index (χ2v) is 6.96. The second kappa shape index (κ2) is 7.34. The summed E-state index contributed by atoms with van der Waals surface area (Å²) in [5.74, 6) is 1.27. The average Bonchev–Trinajstić information content (AvgIpc) is 2.41. The lowest BCUT2D eigenvalue weighted by Gasteiger charge is -2.39. The summed E-state index contributed by atoms with van der Waals surface area (Å²) in [5, 5.41) is 3.42. The number of likely N-dealkylation sites (tertiary alicyclic amines) is 1. The van der Waals surface area contributed by atoms with Crippen LogP contribution in [-0.2, 0) is 4.79 Å². The third-order valence-electron chi connectivity index (χ3n) is 4.28. The van der Waals surface area contributed by atoms with E-state index in [0.29, 0.717) is 28.2 Å². The average molecular weight is 324 g/mol. The lowest BCUT2D eigenvalue weighted by molar-refractivity contribution is -0.122. The first kappa shape index (κ1) is 17.1. The van der Waals surface area contributed by atoms with Crippen LogP contribution in [0.1, 0.15) is 33.6 Å². The van der Waals surface area contributed by atoms with Gasteiger partial charge in [0.05, 0.1) is 16.8 Å². The van der Waals surface area contributed by atoms with E-state index in [4.69, 9.17) is 17.3 Å². The van der Waals surface area contributed by atoms with E-state index < -0.39 is 0 Å². The van der Waals surface area contributed by atoms with Crippen molar-refractivity contribution >= 4 is 28.9 Å². The Morgan fingerprint density at radius 3 is 2.59 bits per heavy atom. The molecule has 22 heavy (non-hydrogen) atoms. The number of nitrogen functional groups attached to an aromatic ring is 1. The van der Waals surface area contributed by atoms with Gasteiger partial charge in [0.15, 0.2) is 0 Å². The van der Waals surface area contributed by atoms with Crippen molar-refractivity contribution in [3.05, 3.63) is 23.2 Å². The minimum atomic E-state index is -0.112. The van der Waals surface area contributed by atoms with Gasteiger partial charge in [-0.25, -0.2) is 0 Å². The van der Waals surface area contributed by atoms with Crippen molar-refractivity contribution < 1.29 is 4.79 Å². The fourth-order valence-electron chi connectivity index (χ4n) is 3.42. The number of benzene rings is 1. The Hall–Kier alpha value is -1.26. The van der Waals surface area contributed by atoms with Crippen LogP contribution in [0.15, 0.2) is 18.2 Å². The van der Waals surface area contributed by atoms with Crippen molar-refractivity contribution in [1.29, 1.82) is 0 Å². The molecule has 1 aromatic rings. The number of nitrogens with two attached hydrogens (primary N) is 1. The van der Waals surface area contributed by atoms with E-state index in [9.17, 15) is 4.79 Å². The van der Waals surface area contributed by atoms with Gasteiger partial charge < -0.3 is 11.1 Å². The summed E-state index contributed by atoms with van der Waals surface area (Å²) in [4.78, 5) is 15.0. The normalized spacial score (nSPS) is 24.0. The van der Waals surface area contributed by atoms with Gasteiger partial charge in [-0.3, -0.25) is 9.69 Å². The standard InChI is InChI=1S/C17H26ClN3O/c1-4-16(21-9-11(2)7-12(3)10-21)17(22)20-15-6-5-13(19)8-14(15)18/h5-6,8,11-12,16H,4,7,9-10,19H2,1-3H3,(H,20,22). The van der Waals surface area contributed by atoms with Gasteiger partial charge in [-0.1, -0.05) is 32.4 Å². The molecule has 2 rings (SSSR count). The number of hydrogen-bond donors (Lipinski definition) is 2. The van der Waals surface area contributed by atoms with Gasteiger partial charge >= 0.3 is 0 Å². The summed E-state index contributed by atoms with van der Waals surface area (Å²) >= 11 is 6.15. The molecule has 0 aromatic heterocycles. The summed E-state index contributed by atoms with van der Waals surface area (Å²) in [7, 11) is 0. The van der Waals surface area contributed by atoms with E-state index in [2.05, 4.69) is 31.0 Å². The number of rotatable bonds is 4. The van der Waals surface area contributed by atoms with Gasteiger partial charge in [0.25, 0.3) is 0 Å². The monoisotopic (exact) mass is 323 g/mol. The van der Waals surface area contributed by atoms with Crippen LogP contribution in [0.3, 0.4) is 0 Å². The summed E-state index contributed by atoms with van der Waals surface area (Å²) in [6, 6.07) is 5.04. The van der Waals surface area contributed by atoms with Gasteiger partial charge in [-0.2, -0.15) is 0 Å². The first-order valence-electron chi connectivity index (χ1n) is 8.00. The van der Waals surface area contributed by atoms with Crippen LogP contribution >= 0.6 is 11.6 Å². The number of halogens is 1. The molecule has 0 radical (unpaired) electrons. The molecule has 0 saturated carbocycles. The van der Waals surface area contributed by atoms with Crippen molar-refractivity contribution in [3.63, 3.8) is 0 Å². The maximum Gasteiger partial charge on any atom is 0.241 e. The molecule has 1 aromatic carbocycles. The second-order valence-electron chi connectivity index (χ2n) is 6.55. The molecule has 5 heteroatoms. The molecular formula is C17H26ClN3O. The highest BCUT2D eigenvalue weighted by molar-refractivity contribution is 6.34. The van der Waals surface area contributed by atoms with Crippen LogP contribution in [0.25, 0.3) is 0 Å². The Morgan fingerprint density at radius 2 is 2.05 bits per heavy atom. The van der Waals surface area contributed by atoms with E-state index in [1.165, 1.54) is 6.42 Å². The maximum absolute atomic E-state index is 12.7. The SMILES string of the molecule is CCC(C(=O)Nc1ccc(N)cc1Cl)N1CC(C)CC(C)C1. The molecule has 3 atom stereocenters. The quantitative estimate of drug-likeness (QED) is 0.832. The molecule has 3 unspecified atom stereocenters. The number of carbonyl (C=O) groups excluding carboxylic acids is 1. The molecule has 1 amide bonds. The first-order chi connectivity index (χ1) is 10.4. The van der Waals surface area contributed by atoms with Gasteiger partial charge in [0.2, 0.25) is 5.91 Å². The molecule has 0 aliphatic carbocycles. The molecule has 0 spiro atoms. The Bertz CT molecular complexity index is 525. The van der Waals surface area contributed by atoms with Crippen molar-refractivity contribution in [2.75, 3.05) is 24.1 Å². The molecule has 122 valence electrons. The van der Waals surface area contributed by atoms with Crippen LogP contribution in [0.2, 0.25) is 5.02 Å². The van der Waals surface area contributed by atoms with Crippen molar-refractivity contribution in [2.24, 2.45) is 11.8 Å². The van der Waals surface area contributed by atoms with Crippen molar-refractivity contribution in [3.8, 4) is 0 Å². The predicted molar refractivity (Wildman–Crippen MR) is 93.1 cm³/mol. The molecule has 1 aliphatic heterocycles. The summed E-state index contributed by atoms with van der Waals surface area (Å²) in [5.41, 5.74) is 6.90. The molecule has 4 nitrogen and oxygen atoms in total. The predicted octanol–water partition coefficient (Wildman–Crippen LogP) is 3.62. The highest BCUT2D eigenvalue weighted by Crippen LogP contribution is 2.27. The Morgan fingerprint density at radius 1 is 1.41 bits per heavy atom. The van der Waals surface area contributed by atoms with Gasteiger partial charge in [0, 0.05) is 18.8 Å². The highest BCUT2D eigenvalue weighted by Gasteiger charge is 2.30. The molecule has 1 heterocycles. The molecule has 0 bridgehead atoms. The fourth-order valence-corrected chi connectivity index (χ4v) is 3.66. The minimum Gasteiger partial charge on any atom is -0.399 e. The largest absolute Gasteiger partial charge is 0.399 e. The van der Waals surface area contributed by atoms with E-state index in [0.717, 1.165) is 19.5 Å². The summed E-state index contributed by atoms with van der Waals surface area (Å²) < 4.78 is 0. The van der Waals surface area contributed by atoms with Crippen molar-refractivity contribution in [1.82, 2.24) is 4.90 Å². The number of piperidine rings is 1. The molecule has 1 saturated heterocycles. The summed E-state index contributed by atoms with van der Waals surface area (Å²) in [6.45, 7) is 8.52. The smallest absolute Gasteiger partial charge is 0.241 e. The van der Waals surface area contributed by atoms with E-state index in [-0.39, 0.29) is 11.9 Å². The lowest BCUT2D eigenvalue weighted by Crippen LogP contribution is -2.50. The fraction of sp³-hybridized carbons (Fsp3) is 0.588. The maximum atomic E-state index is 12.7.